The highest BCUT2D eigenvalue weighted by Gasteiger charge is 2.26. The van der Waals surface area contributed by atoms with Crippen LogP contribution in [0, 0.1) is 0 Å². The molecule has 0 amide bonds. The highest BCUT2D eigenvalue weighted by Crippen LogP contribution is 2.22. The van der Waals surface area contributed by atoms with Crippen molar-refractivity contribution in [2.75, 3.05) is 0 Å². The Morgan fingerprint density at radius 2 is 1.04 bits per heavy atom. The fraction of sp³-hybridized carbons (Fsp3) is 0.714. The van der Waals surface area contributed by atoms with Crippen molar-refractivity contribution in [1.82, 2.24) is 0 Å². The average molecular weight is 342 g/mol. The summed E-state index contributed by atoms with van der Waals surface area (Å²) >= 11 is 0. The van der Waals surface area contributed by atoms with Gasteiger partial charge in [-0.05, 0) is 30.4 Å². The SMILES string of the molecule is CCCCCCCCCCCCc1ccc(CCC(F)(F)F)cc1. The van der Waals surface area contributed by atoms with E-state index >= 15 is 0 Å². The fourth-order valence-corrected chi connectivity index (χ4v) is 2.98. The zero-order chi connectivity index (χ0) is 17.7. The standard InChI is InChI=1S/C21H33F3/c1-2-3-4-5-6-7-8-9-10-11-12-19-13-15-20(16-14-19)17-18-21(22,23)24/h13-16H,2-12,17-18H2,1H3. The first-order valence-corrected chi connectivity index (χ1v) is 9.66. The van der Waals surface area contributed by atoms with Crippen LogP contribution >= 0.6 is 0 Å². The maximum absolute atomic E-state index is 12.2. The maximum Gasteiger partial charge on any atom is 0.389 e. The van der Waals surface area contributed by atoms with E-state index in [1.54, 1.807) is 0 Å². The molecule has 0 atom stereocenters. The monoisotopic (exact) mass is 342 g/mol. The predicted molar refractivity (Wildman–Crippen MR) is 96.4 cm³/mol. The molecule has 0 saturated carbocycles. The van der Waals surface area contributed by atoms with Crippen molar-refractivity contribution in [3.05, 3.63) is 35.4 Å². The van der Waals surface area contributed by atoms with E-state index in [2.05, 4.69) is 6.92 Å². The van der Waals surface area contributed by atoms with Crippen LogP contribution in [0.15, 0.2) is 24.3 Å². The van der Waals surface area contributed by atoms with Gasteiger partial charge in [0.25, 0.3) is 0 Å². The Labute approximate surface area is 145 Å². The van der Waals surface area contributed by atoms with Gasteiger partial charge in [-0.2, -0.15) is 13.2 Å². The first kappa shape index (κ1) is 21.1. The number of aryl methyl sites for hydroxylation is 2. The Morgan fingerprint density at radius 1 is 0.625 bits per heavy atom. The molecule has 1 aromatic rings. The lowest BCUT2D eigenvalue weighted by molar-refractivity contribution is -0.133. The molecule has 1 aromatic carbocycles. The zero-order valence-corrected chi connectivity index (χ0v) is 15.1. The fourth-order valence-electron chi connectivity index (χ4n) is 2.98. The number of unbranched alkanes of at least 4 members (excludes halogenated alkanes) is 9. The first-order valence-electron chi connectivity index (χ1n) is 9.66. The second-order valence-corrected chi connectivity index (χ2v) is 6.86. The lowest BCUT2D eigenvalue weighted by Gasteiger charge is -2.07. The third-order valence-electron chi connectivity index (χ3n) is 4.54. The van der Waals surface area contributed by atoms with E-state index in [-0.39, 0.29) is 6.42 Å². The number of halogens is 3. The van der Waals surface area contributed by atoms with Gasteiger partial charge in [0.05, 0.1) is 0 Å². The number of hydrogen-bond acceptors (Lipinski definition) is 0. The minimum Gasteiger partial charge on any atom is -0.171 e. The van der Waals surface area contributed by atoms with Crippen LogP contribution in [0.5, 0.6) is 0 Å². The molecule has 138 valence electrons. The molecule has 0 N–H and O–H groups in total. The normalized spacial score (nSPS) is 11.8. The Kier molecular flexibility index (Phi) is 10.9. The van der Waals surface area contributed by atoms with Crippen LogP contribution in [0.4, 0.5) is 13.2 Å². The molecular formula is C21H33F3. The van der Waals surface area contributed by atoms with Crippen LogP contribution in [0.2, 0.25) is 0 Å². The van der Waals surface area contributed by atoms with Gasteiger partial charge in [0, 0.05) is 6.42 Å². The molecule has 0 radical (unpaired) electrons. The molecule has 1 rings (SSSR count). The topological polar surface area (TPSA) is 0 Å². The van der Waals surface area contributed by atoms with E-state index in [4.69, 9.17) is 0 Å². The number of rotatable bonds is 13. The number of hydrogen-bond donors (Lipinski definition) is 0. The summed E-state index contributed by atoms with van der Waals surface area (Å²) in [6.45, 7) is 2.25. The van der Waals surface area contributed by atoms with Crippen molar-refractivity contribution in [1.29, 1.82) is 0 Å². The first-order chi connectivity index (χ1) is 11.5. The van der Waals surface area contributed by atoms with Gasteiger partial charge in [-0.25, -0.2) is 0 Å². The molecule has 3 heteroatoms. The smallest absolute Gasteiger partial charge is 0.171 e. The third-order valence-corrected chi connectivity index (χ3v) is 4.54. The highest BCUT2D eigenvalue weighted by molar-refractivity contribution is 5.22. The lowest BCUT2D eigenvalue weighted by atomic mass is 10.0. The molecule has 0 saturated heterocycles. The van der Waals surface area contributed by atoms with Gasteiger partial charge >= 0.3 is 6.18 Å². The molecule has 0 spiro atoms. The number of benzene rings is 1. The van der Waals surface area contributed by atoms with Crippen LogP contribution in [-0.2, 0) is 12.8 Å². The van der Waals surface area contributed by atoms with E-state index < -0.39 is 12.6 Å². The van der Waals surface area contributed by atoms with Crippen molar-refractivity contribution >= 4 is 0 Å². The molecule has 0 aliphatic rings. The molecule has 0 aliphatic carbocycles. The second-order valence-electron chi connectivity index (χ2n) is 6.86. The molecule has 0 aromatic heterocycles. The van der Waals surface area contributed by atoms with Gasteiger partial charge < -0.3 is 0 Å². The molecule has 0 nitrogen and oxygen atoms in total. The van der Waals surface area contributed by atoms with Gasteiger partial charge in [0.1, 0.15) is 0 Å². The van der Waals surface area contributed by atoms with Gasteiger partial charge in [-0.15, -0.1) is 0 Å². The van der Waals surface area contributed by atoms with Gasteiger partial charge in [-0.3, -0.25) is 0 Å². The minimum absolute atomic E-state index is 0.0854. The zero-order valence-electron chi connectivity index (χ0n) is 15.1. The van der Waals surface area contributed by atoms with E-state index in [0.29, 0.717) is 0 Å². The Bertz CT molecular complexity index is 406. The van der Waals surface area contributed by atoms with Crippen molar-refractivity contribution in [3.63, 3.8) is 0 Å². The number of alkyl halides is 3. The quantitative estimate of drug-likeness (QED) is 0.323. The van der Waals surface area contributed by atoms with Crippen LogP contribution < -0.4 is 0 Å². The maximum atomic E-state index is 12.2. The Balaban J connectivity index is 2.03. The van der Waals surface area contributed by atoms with Crippen LogP contribution in [0.25, 0.3) is 0 Å². The largest absolute Gasteiger partial charge is 0.389 e. The molecule has 0 aliphatic heterocycles. The second kappa shape index (κ2) is 12.4. The summed E-state index contributed by atoms with van der Waals surface area (Å²) in [5.41, 5.74) is 2.02. The summed E-state index contributed by atoms with van der Waals surface area (Å²) < 4.78 is 36.6. The van der Waals surface area contributed by atoms with Crippen molar-refractivity contribution < 1.29 is 13.2 Å². The van der Waals surface area contributed by atoms with Gasteiger partial charge in [-0.1, -0.05) is 89.0 Å². The molecule has 0 fully saturated rings. The molecular weight excluding hydrogens is 309 g/mol. The Morgan fingerprint density at radius 3 is 1.50 bits per heavy atom. The van der Waals surface area contributed by atoms with Crippen molar-refractivity contribution in [2.24, 2.45) is 0 Å². The summed E-state index contributed by atoms with van der Waals surface area (Å²) in [4.78, 5) is 0. The van der Waals surface area contributed by atoms with E-state index in [9.17, 15) is 13.2 Å². The van der Waals surface area contributed by atoms with E-state index in [1.807, 2.05) is 24.3 Å². The van der Waals surface area contributed by atoms with E-state index in [1.165, 1.54) is 69.8 Å². The summed E-state index contributed by atoms with van der Waals surface area (Å²) in [6, 6.07) is 7.66. The molecule has 0 bridgehead atoms. The summed E-state index contributed by atoms with van der Waals surface area (Å²) in [7, 11) is 0. The van der Waals surface area contributed by atoms with Crippen LogP contribution in [0.3, 0.4) is 0 Å². The van der Waals surface area contributed by atoms with Crippen LogP contribution in [0.1, 0.15) is 88.7 Å². The van der Waals surface area contributed by atoms with Gasteiger partial charge in [0.2, 0.25) is 0 Å². The average Bonchev–Trinajstić information content (AvgIpc) is 2.55. The molecule has 0 unspecified atom stereocenters. The third kappa shape index (κ3) is 11.5. The lowest BCUT2D eigenvalue weighted by Crippen LogP contribution is -2.08. The summed E-state index contributed by atoms with van der Waals surface area (Å²) in [6.07, 6.45) is 9.58. The molecule has 0 heterocycles. The highest BCUT2D eigenvalue weighted by atomic mass is 19.4. The summed E-state index contributed by atoms with van der Waals surface area (Å²) in [5, 5.41) is 0. The van der Waals surface area contributed by atoms with E-state index in [0.717, 1.165) is 12.0 Å². The minimum atomic E-state index is -4.06. The van der Waals surface area contributed by atoms with Gasteiger partial charge in [0.15, 0.2) is 0 Å². The Hall–Kier alpha value is -0.990. The summed E-state index contributed by atoms with van der Waals surface area (Å²) in [5.74, 6) is 0. The van der Waals surface area contributed by atoms with Crippen molar-refractivity contribution in [2.45, 2.75) is 96.6 Å². The molecule has 24 heavy (non-hydrogen) atoms. The predicted octanol–water partition coefficient (Wildman–Crippen LogP) is 7.64. The van der Waals surface area contributed by atoms with Crippen LogP contribution in [-0.4, -0.2) is 6.18 Å². The van der Waals surface area contributed by atoms with Crippen molar-refractivity contribution in [3.8, 4) is 0 Å².